The third-order valence-corrected chi connectivity index (χ3v) is 11.3. The normalized spacial score (nSPS) is 24.1. The van der Waals surface area contributed by atoms with E-state index >= 15 is 0 Å². The van der Waals surface area contributed by atoms with E-state index < -0.39 is 55.1 Å². The molecule has 0 amide bonds. The number of rotatable bonds is 6. The van der Waals surface area contributed by atoms with E-state index in [-0.39, 0.29) is 18.6 Å². The van der Waals surface area contributed by atoms with Gasteiger partial charge in [-0.05, 0) is 12.0 Å². The van der Waals surface area contributed by atoms with Crippen molar-refractivity contribution in [2.45, 2.75) is 41.7 Å². The highest BCUT2D eigenvalue weighted by Crippen LogP contribution is 3.06. The van der Waals surface area contributed by atoms with Crippen molar-refractivity contribution in [2.24, 2.45) is 0 Å². The lowest BCUT2D eigenvalue weighted by Gasteiger charge is -2.54. The van der Waals surface area contributed by atoms with E-state index in [4.69, 9.17) is 33.2 Å². The molecule has 0 atom stereocenters. The maximum absolute atomic E-state index is 13.9. The summed E-state index contributed by atoms with van der Waals surface area (Å²) in [7, 11) is -11.8. The molecule has 0 nitrogen and oxygen atoms in total. The number of halogens is 16. The van der Waals surface area contributed by atoms with Gasteiger partial charge in [-0.25, -0.2) is 0 Å². The van der Waals surface area contributed by atoms with Crippen LogP contribution >= 0.6 is 43.1 Å². The molecule has 0 heterocycles. The number of hydrogen-bond acceptors (Lipinski definition) is 0. The second kappa shape index (κ2) is 6.89. The summed E-state index contributed by atoms with van der Waals surface area (Å²) in [4.78, 5) is 0. The van der Waals surface area contributed by atoms with E-state index in [0.717, 1.165) is 0 Å². The topological polar surface area (TPSA) is 0 Å². The van der Waals surface area contributed by atoms with Gasteiger partial charge in [-0.2, -0.15) is 39.5 Å². The zero-order chi connectivity index (χ0) is 25.2. The highest BCUT2D eigenvalue weighted by atomic mass is 35.8. The third-order valence-electron chi connectivity index (χ3n) is 4.28. The summed E-state index contributed by atoms with van der Waals surface area (Å²) in [5, 5.41) is -12.0. The van der Waals surface area contributed by atoms with Gasteiger partial charge in [0.05, 0.1) is 5.41 Å². The number of alkyl halides is 9. The Kier molecular flexibility index (Phi) is 6.39. The molecule has 0 saturated carbocycles. The molecule has 0 radical (unpaired) electrons. The van der Waals surface area contributed by atoms with Gasteiger partial charge < -0.3 is 0 Å². The van der Waals surface area contributed by atoms with Crippen LogP contribution in [0.3, 0.4) is 0 Å². The van der Waals surface area contributed by atoms with Gasteiger partial charge in [0.15, 0.2) is 0 Å². The number of allylic oxidation sites excluding steroid dienone is 5. The minimum absolute atomic E-state index is 0.0666. The van der Waals surface area contributed by atoms with Crippen molar-refractivity contribution >= 4 is 49.1 Å². The van der Waals surface area contributed by atoms with Crippen LogP contribution in [0.25, 0.3) is 0 Å². The molecule has 31 heavy (non-hydrogen) atoms. The van der Waals surface area contributed by atoms with Crippen molar-refractivity contribution in [1.82, 2.24) is 0 Å². The molecule has 0 aromatic carbocycles. The van der Waals surface area contributed by atoms with Crippen LogP contribution in [0, 0.1) is 0 Å². The molecular formula is C13H10Cl3F13SSi. The fraction of sp³-hybridized carbons (Fsp3) is 0.538. The van der Waals surface area contributed by atoms with Crippen LogP contribution < -0.4 is 0 Å². The lowest BCUT2D eigenvalue weighted by molar-refractivity contribution is -0.384. The van der Waals surface area contributed by atoms with Crippen LogP contribution in [-0.2, 0) is 0 Å². The van der Waals surface area contributed by atoms with Gasteiger partial charge in [0.2, 0.25) is 9.84 Å². The molecule has 1 rings (SSSR count). The third kappa shape index (κ3) is 4.33. The Labute approximate surface area is 181 Å². The molecule has 0 aliphatic heterocycles. The Balaban J connectivity index is 3.69. The lowest BCUT2D eigenvalue weighted by Crippen LogP contribution is -2.64. The summed E-state index contributed by atoms with van der Waals surface area (Å²) in [5.74, 6) is -16.2. The Morgan fingerprint density at radius 1 is 0.839 bits per heavy atom. The Bertz CT molecular complexity index is 816. The minimum atomic E-state index is -11.8. The van der Waals surface area contributed by atoms with Crippen molar-refractivity contribution in [1.29, 1.82) is 0 Å². The van der Waals surface area contributed by atoms with Gasteiger partial charge in [-0.3, -0.25) is 0 Å². The molecule has 0 N–H and O–H groups in total. The zero-order valence-electron chi connectivity index (χ0n) is 14.5. The fourth-order valence-electron chi connectivity index (χ4n) is 2.28. The highest BCUT2D eigenvalue weighted by molar-refractivity contribution is 8.52. The van der Waals surface area contributed by atoms with E-state index in [1.54, 1.807) is 0 Å². The summed E-state index contributed by atoms with van der Waals surface area (Å²) in [6.07, 6.45) is -5.71. The van der Waals surface area contributed by atoms with Crippen molar-refractivity contribution in [3.05, 3.63) is 35.3 Å². The monoisotopic (exact) mass is 578 g/mol. The van der Waals surface area contributed by atoms with Crippen LogP contribution in [0.4, 0.5) is 55.1 Å². The molecule has 0 aromatic rings. The van der Waals surface area contributed by atoms with Gasteiger partial charge >= 0.3 is 29.3 Å². The summed E-state index contributed by atoms with van der Waals surface area (Å²) in [6.45, 7) is 1.39. The number of hydrogen-bond donors (Lipinski definition) is 0. The lowest BCUT2D eigenvalue weighted by atomic mass is 9.97. The molecule has 0 saturated heterocycles. The maximum Gasteiger partial charge on any atom is 0.460 e. The molecule has 0 aromatic heterocycles. The molecule has 18 heteroatoms. The summed E-state index contributed by atoms with van der Waals surface area (Å²) < 4.78 is 171. The van der Waals surface area contributed by atoms with Crippen LogP contribution in [0.1, 0.15) is 13.3 Å². The van der Waals surface area contributed by atoms with E-state index in [2.05, 4.69) is 0 Å². The summed E-state index contributed by atoms with van der Waals surface area (Å²) in [6, 6.07) is -3.79. The van der Waals surface area contributed by atoms with Crippen molar-refractivity contribution < 1.29 is 55.1 Å². The van der Waals surface area contributed by atoms with E-state index in [1.165, 1.54) is 6.92 Å². The molecule has 0 bridgehead atoms. The predicted molar refractivity (Wildman–Crippen MR) is 95.6 cm³/mol. The Morgan fingerprint density at radius 3 is 1.52 bits per heavy atom. The standard InChI is InChI=1S/C13H10Cl3F13SSi/c1-2-9(31(14,15)16)5-3-8(4-6-9)7-30(26,27,28,29)13(24,25)11(19,20)10(17,18)12(21,22)23/h3-7H,2H2,1H3. The maximum atomic E-state index is 13.9. The average Bonchev–Trinajstić information content (AvgIpc) is 2.51. The van der Waals surface area contributed by atoms with E-state index in [9.17, 15) is 55.1 Å². The fourth-order valence-corrected chi connectivity index (χ4v) is 7.08. The van der Waals surface area contributed by atoms with Crippen LogP contribution in [0.15, 0.2) is 35.3 Å². The first kappa shape index (κ1) is 28.8. The van der Waals surface area contributed by atoms with Crippen LogP contribution in [0.2, 0.25) is 5.04 Å². The van der Waals surface area contributed by atoms with Crippen LogP contribution in [-0.4, -0.2) is 29.3 Å². The molecular weight excluding hydrogens is 570 g/mol. The zero-order valence-corrected chi connectivity index (χ0v) is 18.6. The molecule has 0 unspecified atom stereocenters. The first-order valence-corrected chi connectivity index (χ1v) is 14.6. The molecule has 1 aliphatic carbocycles. The molecule has 0 spiro atoms. The van der Waals surface area contributed by atoms with E-state index in [0.29, 0.717) is 12.2 Å². The highest BCUT2D eigenvalue weighted by Gasteiger charge is 2.96. The molecule has 184 valence electrons. The van der Waals surface area contributed by atoms with Gasteiger partial charge in [0, 0.05) is 5.04 Å². The average molecular weight is 580 g/mol. The second-order valence-electron chi connectivity index (χ2n) is 6.47. The van der Waals surface area contributed by atoms with Gasteiger partial charge in [-0.15, -0.1) is 48.8 Å². The van der Waals surface area contributed by atoms with Crippen molar-refractivity contribution in [3.63, 3.8) is 0 Å². The molecule has 1 aliphatic rings. The van der Waals surface area contributed by atoms with Gasteiger partial charge in [0.25, 0.3) is 0 Å². The van der Waals surface area contributed by atoms with Gasteiger partial charge in [-0.1, -0.05) is 31.2 Å². The predicted octanol–water partition coefficient (Wildman–Crippen LogP) is 9.64. The Morgan fingerprint density at radius 2 is 1.23 bits per heavy atom. The second-order valence-corrected chi connectivity index (χ2v) is 18.3. The van der Waals surface area contributed by atoms with Gasteiger partial charge in [0.1, 0.15) is 0 Å². The van der Waals surface area contributed by atoms with Crippen molar-refractivity contribution in [3.8, 4) is 0 Å². The summed E-state index contributed by atoms with van der Waals surface area (Å²) >= 11 is 17.3. The first-order chi connectivity index (χ1) is 13.1. The quantitative estimate of drug-likeness (QED) is 0.167. The first-order valence-electron chi connectivity index (χ1n) is 7.50. The smallest absolute Gasteiger partial charge is 0.191 e. The molecule has 0 fully saturated rings. The summed E-state index contributed by atoms with van der Waals surface area (Å²) in [5.41, 5.74) is -1.62. The van der Waals surface area contributed by atoms with Crippen molar-refractivity contribution in [2.75, 3.05) is 0 Å². The van der Waals surface area contributed by atoms with Crippen LogP contribution in [0.5, 0.6) is 0 Å². The minimum Gasteiger partial charge on any atom is -0.191 e. The Hall–Kier alpha value is -0.253. The largest absolute Gasteiger partial charge is 0.460 e. The SMILES string of the molecule is CCC1([Si](Cl)(Cl)Cl)C=CC(=CS(F)(F)(F)(F)C(F)(F)C(F)(F)C(F)(F)C(F)(F)F)C=C1. The van der Waals surface area contributed by atoms with E-state index in [1.807, 2.05) is 0 Å².